The zero-order valence-corrected chi connectivity index (χ0v) is 12.0. The van der Waals surface area contributed by atoms with Crippen LogP contribution in [0.5, 0.6) is 0 Å². The fourth-order valence-corrected chi connectivity index (χ4v) is 3.22. The van der Waals surface area contributed by atoms with Crippen molar-refractivity contribution in [3.8, 4) is 0 Å². The molecule has 4 rings (SSSR count). The van der Waals surface area contributed by atoms with Crippen molar-refractivity contribution in [2.24, 2.45) is 5.92 Å². The third-order valence-electron chi connectivity index (χ3n) is 4.46. The first-order valence-corrected chi connectivity index (χ1v) is 7.35. The molecule has 3 aromatic rings. The van der Waals surface area contributed by atoms with Crippen LogP contribution in [0, 0.1) is 5.92 Å². The van der Waals surface area contributed by atoms with Gasteiger partial charge in [0.25, 0.3) is 0 Å². The van der Waals surface area contributed by atoms with Gasteiger partial charge < -0.3 is 15.0 Å². The molecule has 1 aliphatic rings. The Morgan fingerprint density at radius 3 is 3.00 bits per heavy atom. The molecular weight excluding hydrogens is 264 g/mol. The molecule has 1 saturated heterocycles. The third-order valence-corrected chi connectivity index (χ3v) is 4.46. The Morgan fingerprint density at radius 2 is 2.19 bits per heavy atom. The van der Waals surface area contributed by atoms with E-state index >= 15 is 0 Å². The van der Waals surface area contributed by atoms with Crippen molar-refractivity contribution in [3.63, 3.8) is 0 Å². The van der Waals surface area contributed by atoms with Crippen LogP contribution >= 0.6 is 0 Å². The second-order valence-electron chi connectivity index (χ2n) is 5.71. The lowest BCUT2D eigenvalue weighted by atomic mass is 10.0. The van der Waals surface area contributed by atoms with Gasteiger partial charge in [0.15, 0.2) is 0 Å². The van der Waals surface area contributed by atoms with Crippen molar-refractivity contribution in [1.29, 1.82) is 0 Å². The largest absolute Gasteiger partial charge is 0.378 e. The van der Waals surface area contributed by atoms with Gasteiger partial charge in [-0.2, -0.15) is 0 Å². The molecule has 0 amide bonds. The molecule has 1 aromatic carbocycles. The van der Waals surface area contributed by atoms with E-state index in [1.54, 1.807) is 6.20 Å². The van der Waals surface area contributed by atoms with Gasteiger partial charge in [-0.15, -0.1) is 0 Å². The minimum atomic E-state index is 0.273. The molecule has 2 atom stereocenters. The summed E-state index contributed by atoms with van der Waals surface area (Å²) in [6.07, 6.45) is 3.15. The van der Waals surface area contributed by atoms with Crippen LogP contribution in [-0.2, 0) is 11.3 Å². The number of imidazole rings is 1. The van der Waals surface area contributed by atoms with Crippen LogP contribution in [0.2, 0.25) is 0 Å². The predicted octanol–water partition coefficient (Wildman–Crippen LogP) is 2.59. The highest BCUT2D eigenvalue weighted by Crippen LogP contribution is 2.29. The number of nitrogen functional groups attached to an aromatic ring is 1. The van der Waals surface area contributed by atoms with Crippen LogP contribution in [-0.4, -0.2) is 27.2 Å². The van der Waals surface area contributed by atoms with Crippen molar-refractivity contribution in [2.75, 3.05) is 12.3 Å². The van der Waals surface area contributed by atoms with Crippen molar-refractivity contribution in [3.05, 3.63) is 30.5 Å². The van der Waals surface area contributed by atoms with Gasteiger partial charge in [0.1, 0.15) is 5.52 Å². The molecular formula is C16H18N4O. The summed E-state index contributed by atoms with van der Waals surface area (Å²) in [5, 5.41) is 1.10. The van der Waals surface area contributed by atoms with E-state index in [4.69, 9.17) is 10.5 Å². The van der Waals surface area contributed by atoms with Gasteiger partial charge in [-0.1, -0.05) is 18.2 Å². The fourth-order valence-electron chi connectivity index (χ4n) is 3.22. The summed E-state index contributed by atoms with van der Waals surface area (Å²) in [7, 11) is 0. The zero-order valence-electron chi connectivity index (χ0n) is 12.0. The molecule has 0 spiro atoms. The summed E-state index contributed by atoms with van der Waals surface area (Å²) in [5.74, 6) is 1.04. The molecule has 1 aliphatic heterocycles. The van der Waals surface area contributed by atoms with E-state index < -0.39 is 0 Å². The number of rotatable bonds is 2. The first-order valence-electron chi connectivity index (χ1n) is 7.35. The lowest BCUT2D eigenvalue weighted by molar-refractivity contribution is 0.102. The molecule has 0 bridgehead atoms. The highest BCUT2D eigenvalue weighted by atomic mass is 16.5. The van der Waals surface area contributed by atoms with Crippen LogP contribution in [0.3, 0.4) is 0 Å². The van der Waals surface area contributed by atoms with Crippen LogP contribution in [0.15, 0.2) is 30.5 Å². The Balaban J connectivity index is 1.90. The summed E-state index contributed by atoms with van der Waals surface area (Å²) < 4.78 is 7.79. The molecule has 2 aromatic heterocycles. The Bertz CT molecular complexity index is 810. The van der Waals surface area contributed by atoms with Gasteiger partial charge in [0, 0.05) is 24.5 Å². The number of benzene rings is 1. The predicted molar refractivity (Wildman–Crippen MR) is 83.0 cm³/mol. The highest BCUT2D eigenvalue weighted by molar-refractivity contribution is 6.02. The average molecular weight is 282 g/mol. The standard InChI is InChI=1S/C16H18N4O/c1-10-11(6-7-21-10)9-20-15-12-4-2-3-5-13(12)18-8-14(15)19-16(20)17/h2-5,8,10-11H,6-7,9H2,1H3,(H2,17,19). The minimum absolute atomic E-state index is 0.273. The maximum absolute atomic E-state index is 6.15. The molecule has 2 unspecified atom stereocenters. The van der Waals surface area contributed by atoms with Gasteiger partial charge in [-0.25, -0.2) is 4.98 Å². The number of anilines is 1. The Labute approximate surface area is 122 Å². The van der Waals surface area contributed by atoms with Crippen LogP contribution in [0.1, 0.15) is 13.3 Å². The number of nitrogens with zero attached hydrogens (tertiary/aromatic N) is 3. The molecule has 21 heavy (non-hydrogen) atoms. The molecule has 3 heterocycles. The molecule has 1 fully saturated rings. The number of para-hydroxylation sites is 1. The quantitative estimate of drug-likeness (QED) is 0.784. The Kier molecular flexibility index (Phi) is 2.82. The number of hydrogen-bond donors (Lipinski definition) is 1. The third kappa shape index (κ3) is 1.96. The molecule has 0 saturated carbocycles. The Hall–Kier alpha value is -2.14. The second-order valence-corrected chi connectivity index (χ2v) is 5.71. The van der Waals surface area contributed by atoms with E-state index in [9.17, 15) is 0 Å². The van der Waals surface area contributed by atoms with E-state index in [1.165, 1.54) is 0 Å². The monoisotopic (exact) mass is 282 g/mol. The number of hydrogen-bond acceptors (Lipinski definition) is 4. The van der Waals surface area contributed by atoms with Crippen LogP contribution < -0.4 is 5.73 Å². The van der Waals surface area contributed by atoms with Gasteiger partial charge in [-0.05, 0) is 19.4 Å². The number of ether oxygens (including phenoxy) is 1. The number of nitrogens with two attached hydrogens (primary N) is 1. The van der Waals surface area contributed by atoms with E-state index in [-0.39, 0.29) is 6.10 Å². The second kappa shape index (κ2) is 4.70. The average Bonchev–Trinajstić information content (AvgIpc) is 3.04. The maximum atomic E-state index is 6.15. The summed E-state index contributed by atoms with van der Waals surface area (Å²) in [6.45, 7) is 3.81. The first-order chi connectivity index (χ1) is 10.2. The molecule has 0 aliphatic carbocycles. The van der Waals surface area contributed by atoms with Gasteiger partial charge >= 0.3 is 0 Å². The van der Waals surface area contributed by atoms with E-state index in [0.717, 1.165) is 41.5 Å². The summed E-state index contributed by atoms with van der Waals surface area (Å²) >= 11 is 0. The van der Waals surface area contributed by atoms with Gasteiger partial charge in [0.05, 0.1) is 23.3 Å². The number of fused-ring (bicyclic) bond motifs is 3. The smallest absolute Gasteiger partial charge is 0.201 e. The normalized spacial score (nSPS) is 22.3. The van der Waals surface area contributed by atoms with Crippen LogP contribution in [0.25, 0.3) is 21.9 Å². The molecule has 0 radical (unpaired) electrons. The minimum Gasteiger partial charge on any atom is -0.378 e. The number of pyridine rings is 1. The van der Waals surface area contributed by atoms with Crippen molar-refractivity contribution >= 4 is 27.9 Å². The van der Waals surface area contributed by atoms with Gasteiger partial charge in [0.2, 0.25) is 5.95 Å². The van der Waals surface area contributed by atoms with Gasteiger partial charge in [-0.3, -0.25) is 4.98 Å². The Morgan fingerprint density at radius 1 is 1.33 bits per heavy atom. The van der Waals surface area contributed by atoms with Crippen LogP contribution in [0.4, 0.5) is 5.95 Å². The van der Waals surface area contributed by atoms with E-state index in [1.807, 2.05) is 18.2 Å². The lowest BCUT2D eigenvalue weighted by Crippen LogP contribution is -2.19. The van der Waals surface area contributed by atoms with Crippen molar-refractivity contribution in [1.82, 2.24) is 14.5 Å². The first kappa shape index (κ1) is 12.6. The molecule has 2 N–H and O–H groups in total. The molecule has 108 valence electrons. The number of aromatic nitrogens is 3. The van der Waals surface area contributed by atoms with E-state index in [0.29, 0.717) is 11.9 Å². The van der Waals surface area contributed by atoms with Crippen molar-refractivity contribution in [2.45, 2.75) is 26.0 Å². The highest BCUT2D eigenvalue weighted by Gasteiger charge is 2.26. The summed E-state index contributed by atoms with van der Waals surface area (Å²) in [4.78, 5) is 8.92. The lowest BCUT2D eigenvalue weighted by Gasteiger charge is -2.16. The summed E-state index contributed by atoms with van der Waals surface area (Å²) in [5.41, 5.74) is 9.06. The maximum Gasteiger partial charge on any atom is 0.201 e. The fraction of sp³-hybridized carbons (Fsp3) is 0.375. The summed E-state index contributed by atoms with van der Waals surface area (Å²) in [6, 6.07) is 8.12. The molecule has 5 nitrogen and oxygen atoms in total. The van der Waals surface area contributed by atoms with Crippen molar-refractivity contribution < 1.29 is 4.74 Å². The SMILES string of the molecule is CC1OCCC1Cn1c(N)nc2cnc3ccccc3c21. The molecule has 5 heteroatoms. The zero-order chi connectivity index (χ0) is 14.4. The topological polar surface area (TPSA) is 66.0 Å². The van der Waals surface area contributed by atoms with E-state index in [2.05, 4.69) is 27.5 Å².